The highest BCUT2D eigenvalue weighted by Gasteiger charge is 2.30. The number of ether oxygens (including phenoxy) is 1. The van der Waals surface area contributed by atoms with Crippen molar-refractivity contribution in [2.45, 2.75) is 9.65 Å². The van der Waals surface area contributed by atoms with Crippen LogP contribution in [0.5, 0.6) is 5.06 Å². The molecule has 3 rings (SSSR count). The molecule has 0 fully saturated rings. The lowest BCUT2D eigenvalue weighted by Gasteiger charge is -2.16. The topological polar surface area (TPSA) is 26.3 Å². The molecule has 0 aliphatic carbocycles. The number of ketones is 1. The molecule has 0 saturated heterocycles. The van der Waals surface area contributed by atoms with Gasteiger partial charge in [0.05, 0.1) is 22.3 Å². The molecule has 0 aliphatic rings. The van der Waals surface area contributed by atoms with E-state index in [1.54, 1.807) is 7.11 Å². The third kappa shape index (κ3) is 3.23. The van der Waals surface area contributed by atoms with E-state index >= 15 is 0 Å². The van der Waals surface area contributed by atoms with Crippen LogP contribution in [0.1, 0.15) is 20.7 Å². The Hall–Kier alpha value is -1.17. The second kappa shape index (κ2) is 7.16. The van der Waals surface area contributed by atoms with Gasteiger partial charge in [0.15, 0.2) is 10.8 Å². The molecule has 2 nitrogen and oxygen atoms in total. The predicted molar refractivity (Wildman–Crippen MR) is 104 cm³/mol. The van der Waals surface area contributed by atoms with Crippen LogP contribution in [0.25, 0.3) is 10.1 Å². The van der Waals surface area contributed by atoms with Crippen molar-refractivity contribution in [3.8, 4) is 5.06 Å². The van der Waals surface area contributed by atoms with Crippen LogP contribution in [-0.2, 0) is 0 Å². The van der Waals surface area contributed by atoms with Crippen LogP contribution in [0.2, 0.25) is 0 Å². The van der Waals surface area contributed by atoms with Crippen LogP contribution in [0, 0.1) is 0 Å². The molecule has 2 aromatic carbocycles. The smallest absolute Gasteiger partial charge is 0.185 e. The first-order chi connectivity index (χ1) is 11.1. The van der Waals surface area contributed by atoms with E-state index in [-0.39, 0.29) is 15.4 Å². The van der Waals surface area contributed by atoms with E-state index in [0.29, 0.717) is 10.6 Å². The molecular formula is C18H14Br2O2S. The maximum atomic E-state index is 13.1. The lowest BCUT2D eigenvalue weighted by Crippen LogP contribution is -2.19. The maximum absolute atomic E-state index is 13.1. The highest BCUT2D eigenvalue weighted by molar-refractivity contribution is 9.12. The van der Waals surface area contributed by atoms with Gasteiger partial charge in [-0.3, -0.25) is 4.79 Å². The average Bonchev–Trinajstić information content (AvgIpc) is 2.99. The number of methoxy groups -OCH3 is 1. The summed E-state index contributed by atoms with van der Waals surface area (Å²) >= 11 is 8.71. The van der Waals surface area contributed by atoms with Gasteiger partial charge in [-0.15, -0.1) is 0 Å². The summed E-state index contributed by atoms with van der Waals surface area (Å²) in [6.45, 7) is 0. The molecular weight excluding hydrogens is 440 g/mol. The molecule has 5 heteroatoms. The van der Waals surface area contributed by atoms with Gasteiger partial charge >= 0.3 is 0 Å². The van der Waals surface area contributed by atoms with Crippen LogP contribution in [0.3, 0.4) is 0 Å². The molecule has 0 aliphatic heterocycles. The van der Waals surface area contributed by atoms with E-state index < -0.39 is 0 Å². The van der Waals surface area contributed by atoms with Gasteiger partial charge in [-0.25, -0.2) is 0 Å². The Labute approximate surface area is 155 Å². The lowest BCUT2D eigenvalue weighted by atomic mass is 10.0. The van der Waals surface area contributed by atoms with E-state index in [0.717, 1.165) is 15.6 Å². The van der Waals surface area contributed by atoms with Crippen molar-refractivity contribution in [3.05, 3.63) is 65.7 Å². The molecule has 2 unspecified atom stereocenters. The Kier molecular flexibility index (Phi) is 5.19. The number of benzene rings is 2. The number of halogens is 2. The monoisotopic (exact) mass is 452 g/mol. The highest BCUT2D eigenvalue weighted by Crippen LogP contribution is 2.41. The molecule has 0 spiro atoms. The summed E-state index contributed by atoms with van der Waals surface area (Å²) < 4.78 is 6.50. The first kappa shape index (κ1) is 16.7. The molecule has 1 aromatic heterocycles. The fourth-order valence-corrected chi connectivity index (χ4v) is 4.58. The molecule has 2 atom stereocenters. The summed E-state index contributed by atoms with van der Waals surface area (Å²) in [6.07, 6.45) is 0. The van der Waals surface area contributed by atoms with Gasteiger partial charge in [0, 0.05) is 10.1 Å². The third-order valence-electron chi connectivity index (χ3n) is 3.62. The van der Waals surface area contributed by atoms with Gasteiger partial charge in [-0.1, -0.05) is 91.7 Å². The first-order valence-electron chi connectivity index (χ1n) is 7.06. The molecule has 118 valence electrons. The number of Topliss-reactive ketones (excluding diaryl/α,β-unsaturated/α-hetero) is 1. The molecule has 0 bridgehead atoms. The Morgan fingerprint density at radius 3 is 2.39 bits per heavy atom. The Morgan fingerprint density at radius 1 is 1.04 bits per heavy atom. The Morgan fingerprint density at radius 2 is 1.70 bits per heavy atom. The Balaban J connectivity index is 2.00. The van der Waals surface area contributed by atoms with Gasteiger partial charge in [0.2, 0.25) is 0 Å². The summed E-state index contributed by atoms with van der Waals surface area (Å²) in [7, 11) is 1.60. The van der Waals surface area contributed by atoms with Crippen LogP contribution in [-0.4, -0.2) is 17.7 Å². The average molecular weight is 454 g/mol. The minimum atomic E-state index is -0.378. The van der Waals surface area contributed by atoms with Crippen molar-refractivity contribution < 1.29 is 9.53 Å². The molecule has 1 heterocycles. The summed E-state index contributed by atoms with van der Waals surface area (Å²) in [5.41, 5.74) is 1.71. The van der Waals surface area contributed by atoms with Gasteiger partial charge in [-0.05, 0) is 11.6 Å². The zero-order chi connectivity index (χ0) is 16.4. The summed E-state index contributed by atoms with van der Waals surface area (Å²) in [5, 5.41) is 1.60. The zero-order valence-electron chi connectivity index (χ0n) is 12.3. The second-order valence-electron chi connectivity index (χ2n) is 5.04. The standard InChI is InChI=1S/C18H14Br2O2S/c1-22-18-14(12-9-5-6-10-13(12)23-18)17(21)16(20)15(19)11-7-3-2-4-8-11/h2-10,15-16H,1H3. The van der Waals surface area contributed by atoms with Crippen molar-refractivity contribution in [2.24, 2.45) is 0 Å². The summed E-state index contributed by atoms with van der Waals surface area (Å²) in [4.78, 5) is 12.6. The number of carbonyl (C=O) groups is 1. The number of fused-ring (bicyclic) bond motifs is 1. The predicted octanol–water partition coefficient (Wildman–Crippen LogP) is 5.99. The van der Waals surface area contributed by atoms with Crippen molar-refractivity contribution in [1.29, 1.82) is 0 Å². The van der Waals surface area contributed by atoms with Crippen molar-refractivity contribution in [1.82, 2.24) is 0 Å². The quantitative estimate of drug-likeness (QED) is 0.350. The number of hydrogen-bond donors (Lipinski definition) is 0. The number of rotatable bonds is 5. The van der Waals surface area contributed by atoms with Crippen LogP contribution >= 0.6 is 43.2 Å². The van der Waals surface area contributed by atoms with E-state index in [1.807, 2.05) is 54.6 Å². The highest BCUT2D eigenvalue weighted by atomic mass is 79.9. The minimum Gasteiger partial charge on any atom is -0.487 e. The van der Waals surface area contributed by atoms with Gasteiger partial charge in [0.25, 0.3) is 0 Å². The molecule has 0 amide bonds. The first-order valence-corrected chi connectivity index (χ1v) is 9.71. The minimum absolute atomic E-state index is 0.0185. The SMILES string of the molecule is COc1sc2ccccc2c1C(=O)C(Br)C(Br)c1ccccc1. The molecule has 0 N–H and O–H groups in total. The van der Waals surface area contributed by atoms with E-state index in [4.69, 9.17) is 4.74 Å². The largest absolute Gasteiger partial charge is 0.487 e. The number of alkyl halides is 2. The van der Waals surface area contributed by atoms with E-state index in [1.165, 1.54) is 11.3 Å². The number of carbonyl (C=O) groups excluding carboxylic acids is 1. The number of thiophene rings is 1. The van der Waals surface area contributed by atoms with Crippen molar-refractivity contribution in [3.63, 3.8) is 0 Å². The molecule has 0 radical (unpaired) electrons. The van der Waals surface area contributed by atoms with E-state index in [2.05, 4.69) is 31.9 Å². The van der Waals surface area contributed by atoms with Crippen LogP contribution in [0.4, 0.5) is 0 Å². The van der Waals surface area contributed by atoms with Crippen LogP contribution in [0.15, 0.2) is 54.6 Å². The summed E-state index contributed by atoms with van der Waals surface area (Å²) in [5.74, 6) is 0.0185. The number of hydrogen-bond acceptors (Lipinski definition) is 3. The second-order valence-corrected chi connectivity index (χ2v) is 8.03. The van der Waals surface area contributed by atoms with Crippen molar-refractivity contribution in [2.75, 3.05) is 7.11 Å². The van der Waals surface area contributed by atoms with Gasteiger partial charge < -0.3 is 4.74 Å². The van der Waals surface area contributed by atoms with E-state index in [9.17, 15) is 4.79 Å². The molecule has 0 saturated carbocycles. The lowest BCUT2D eigenvalue weighted by molar-refractivity contribution is 0.0990. The van der Waals surface area contributed by atoms with Crippen molar-refractivity contribution >= 4 is 59.1 Å². The summed E-state index contributed by atoms with van der Waals surface area (Å²) in [6, 6.07) is 17.8. The molecule has 23 heavy (non-hydrogen) atoms. The molecule has 3 aromatic rings. The fraction of sp³-hybridized carbons (Fsp3) is 0.167. The maximum Gasteiger partial charge on any atom is 0.185 e. The zero-order valence-corrected chi connectivity index (χ0v) is 16.3. The van der Waals surface area contributed by atoms with Crippen LogP contribution < -0.4 is 4.74 Å². The Bertz CT molecular complexity index is 829. The third-order valence-corrected chi connectivity index (χ3v) is 7.46. The normalized spacial score (nSPS) is 13.7. The fourth-order valence-electron chi connectivity index (χ4n) is 2.48. The van der Waals surface area contributed by atoms with Gasteiger partial charge in [-0.2, -0.15) is 0 Å². The van der Waals surface area contributed by atoms with Gasteiger partial charge in [0.1, 0.15) is 0 Å².